The Bertz CT molecular complexity index is 1190. The van der Waals surface area contributed by atoms with E-state index in [4.69, 9.17) is 28.8 Å². The van der Waals surface area contributed by atoms with Crippen LogP contribution in [-0.2, 0) is 0 Å². The summed E-state index contributed by atoms with van der Waals surface area (Å²) in [5.74, 6) is 3.62. The molecule has 0 spiro atoms. The van der Waals surface area contributed by atoms with Crippen molar-refractivity contribution in [2.45, 2.75) is 18.7 Å². The molecular weight excluding hydrogens is 420 g/mol. The van der Waals surface area contributed by atoms with Crippen LogP contribution in [0.5, 0.6) is 28.7 Å². The molecule has 3 aromatic rings. The zero-order chi connectivity index (χ0) is 22.9. The van der Waals surface area contributed by atoms with Crippen molar-refractivity contribution in [2.75, 3.05) is 28.4 Å². The van der Waals surface area contributed by atoms with Crippen LogP contribution in [0.3, 0.4) is 0 Å². The predicted octanol–water partition coefficient (Wildman–Crippen LogP) is 4.96. The quantitative estimate of drug-likeness (QED) is 0.533. The summed E-state index contributed by atoms with van der Waals surface area (Å²) >= 11 is 0. The molecule has 2 atom stereocenters. The minimum Gasteiger partial charge on any atom is -0.497 e. The van der Waals surface area contributed by atoms with Crippen LogP contribution in [0, 0.1) is 0 Å². The molecule has 0 saturated carbocycles. The summed E-state index contributed by atoms with van der Waals surface area (Å²) in [6.07, 6.45) is 0.327. The van der Waals surface area contributed by atoms with E-state index in [1.165, 1.54) is 0 Å². The Morgan fingerprint density at radius 3 is 2.27 bits per heavy atom. The molecule has 2 heterocycles. The fraction of sp³-hybridized carbons (Fsp3) is 0.269. The molecule has 0 bridgehead atoms. The molecule has 0 radical (unpaired) electrons. The number of hydrazone groups is 1. The van der Waals surface area contributed by atoms with Gasteiger partial charge in [-0.2, -0.15) is 5.10 Å². The van der Waals surface area contributed by atoms with Gasteiger partial charge in [-0.1, -0.05) is 12.1 Å². The molecule has 33 heavy (non-hydrogen) atoms. The number of hydrogen-bond acceptors (Lipinski definition) is 7. The van der Waals surface area contributed by atoms with E-state index < -0.39 is 6.23 Å². The minimum absolute atomic E-state index is 0.0130. The summed E-state index contributed by atoms with van der Waals surface area (Å²) in [5.41, 5.74) is 3.98. The highest BCUT2D eigenvalue weighted by Gasteiger charge is 2.42. The third-order valence-corrected chi connectivity index (χ3v) is 6.12. The zero-order valence-corrected chi connectivity index (χ0v) is 19.1. The van der Waals surface area contributed by atoms with Crippen LogP contribution in [-0.4, -0.2) is 39.2 Å². The normalized spacial score (nSPS) is 18.5. The first kappa shape index (κ1) is 21.0. The Labute approximate surface area is 193 Å². The SMILES string of the molecule is COc1ccc([C@H]2Oc3c(OC)cccc3[C@@H]3CC(c4ccc(OC)c(OC)c4)=NN23)cc1. The van der Waals surface area contributed by atoms with E-state index in [-0.39, 0.29) is 6.04 Å². The number of rotatable bonds is 6. The molecule has 0 aliphatic carbocycles. The van der Waals surface area contributed by atoms with E-state index in [2.05, 4.69) is 6.07 Å². The lowest BCUT2D eigenvalue weighted by molar-refractivity contribution is -0.0209. The van der Waals surface area contributed by atoms with Crippen LogP contribution in [0.2, 0.25) is 0 Å². The zero-order valence-electron chi connectivity index (χ0n) is 19.1. The molecule has 5 rings (SSSR count). The van der Waals surface area contributed by atoms with Crippen LogP contribution in [0.15, 0.2) is 65.8 Å². The Kier molecular flexibility index (Phi) is 5.46. The Balaban J connectivity index is 1.58. The van der Waals surface area contributed by atoms with Crippen molar-refractivity contribution in [3.05, 3.63) is 77.4 Å². The number of benzene rings is 3. The number of nitrogens with zero attached hydrogens (tertiary/aromatic N) is 2. The van der Waals surface area contributed by atoms with Crippen molar-refractivity contribution in [1.82, 2.24) is 5.01 Å². The van der Waals surface area contributed by atoms with E-state index in [1.807, 2.05) is 59.6 Å². The highest BCUT2D eigenvalue weighted by atomic mass is 16.5. The standard InChI is InChI=1S/C26H26N2O5/c1-29-18-11-8-16(9-12-18)26-28-21(19-6-5-7-23(31-3)25(19)33-26)15-20(27-28)17-10-13-22(30-2)24(14-17)32-4/h5-14,21,26H,15H2,1-4H3/t21-,26+/m0/s1. The summed E-state index contributed by atoms with van der Waals surface area (Å²) in [4.78, 5) is 0. The Morgan fingerprint density at radius 1 is 0.818 bits per heavy atom. The highest BCUT2D eigenvalue weighted by Crippen LogP contribution is 2.51. The highest BCUT2D eigenvalue weighted by molar-refractivity contribution is 6.02. The monoisotopic (exact) mass is 446 g/mol. The third-order valence-electron chi connectivity index (χ3n) is 6.12. The molecule has 0 unspecified atom stereocenters. The maximum Gasteiger partial charge on any atom is 0.214 e. The molecule has 3 aromatic carbocycles. The van der Waals surface area contributed by atoms with Crippen molar-refractivity contribution in [3.8, 4) is 28.7 Å². The maximum absolute atomic E-state index is 6.50. The van der Waals surface area contributed by atoms with Gasteiger partial charge in [-0.25, -0.2) is 5.01 Å². The van der Waals surface area contributed by atoms with Crippen molar-refractivity contribution >= 4 is 5.71 Å². The van der Waals surface area contributed by atoms with Crippen LogP contribution in [0.4, 0.5) is 0 Å². The van der Waals surface area contributed by atoms with Crippen molar-refractivity contribution in [3.63, 3.8) is 0 Å². The molecule has 0 fully saturated rings. The molecule has 7 heteroatoms. The summed E-state index contributed by atoms with van der Waals surface area (Å²) in [5, 5.41) is 7.06. The Morgan fingerprint density at radius 2 is 1.58 bits per heavy atom. The van der Waals surface area contributed by atoms with Gasteiger partial charge in [0.25, 0.3) is 0 Å². The average molecular weight is 447 g/mol. The number of fused-ring (bicyclic) bond motifs is 3. The van der Waals surface area contributed by atoms with Crippen molar-refractivity contribution in [1.29, 1.82) is 0 Å². The van der Waals surface area contributed by atoms with E-state index in [1.54, 1.807) is 28.4 Å². The lowest BCUT2D eigenvalue weighted by Gasteiger charge is -2.38. The number of methoxy groups -OCH3 is 4. The summed E-state index contributed by atoms with van der Waals surface area (Å²) in [6, 6.07) is 19.7. The van der Waals surface area contributed by atoms with Gasteiger partial charge in [0.1, 0.15) is 5.75 Å². The van der Waals surface area contributed by atoms with Crippen LogP contribution < -0.4 is 23.7 Å². The van der Waals surface area contributed by atoms with Gasteiger partial charge in [0.2, 0.25) is 6.23 Å². The molecular formula is C26H26N2O5. The number of hydrogen-bond donors (Lipinski definition) is 0. The summed E-state index contributed by atoms with van der Waals surface area (Å²) in [7, 11) is 6.58. The second kappa shape index (κ2) is 8.58. The number of para-hydroxylation sites is 1. The van der Waals surface area contributed by atoms with Crippen molar-refractivity contribution < 1.29 is 23.7 Å². The van der Waals surface area contributed by atoms with Crippen LogP contribution >= 0.6 is 0 Å². The average Bonchev–Trinajstić information content (AvgIpc) is 3.33. The first-order valence-corrected chi connectivity index (χ1v) is 10.7. The van der Waals surface area contributed by atoms with Crippen molar-refractivity contribution in [2.24, 2.45) is 5.10 Å². The first-order valence-electron chi connectivity index (χ1n) is 10.7. The van der Waals surface area contributed by atoms with Gasteiger partial charge in [0, 0.05) is 23.1 Å². The molecule has 0 amide bonds. The van der Waals surface area contributed by atoms with Gasteiger partial charge in [-0.15, -0.1) is 0 Å². The molecule has 0 saturated heterocycles. The van der Waals surface area contributed by atoms with Gasteiger partial charge in [-0.05, 0) is 48.5 Å². The topological polar surface area (TPSA) is 61.8 Å². The number of ether oxygens (including phenoxy) is 5. The van der Waals surface area contributed by atoms with E-state index >= 15 is 0 Å². The predicted molar refractivity (Wildman–Crippen MR) is 125 cm³/mol. The van der Waals surface area contributed by atoms with Gasteiger partial charge >= 0.3 is 0 Å². The van der Waals surface area contributed by atoms with Gasteiger partial charge < -0.3 is 23.7 Å². The summed E-state index contributed by atoms with van der Waals surface area (Å²) < 4.78 is 28.3. The van der Waals surface area contributed by atoms with Gasteiger partial charge in [0.05, 0.1) is 40.2 Å². The molecule has 170 valence electrons. The third kappa shape index (κ3) is 3.59. The molecule has 0 N–H and O–H groups in total. The lowest BCUT2D eigenvalue weighted by Crippen LogP contribution is -2.33. The molecule has 7 nitrogen and oxygen atoms in total. The largest absolute Gasteiger partial charge is 0.497 e. The van der Waals surface area contributed by atoms with E-state index in [0.29, 0.717) is 17.2 Å². The van der Waals surface area contributed by atoms with Gasteiger partial charge in [-0.3, -0.25) is 0 Å². The van der Waals surface area contributed by atoms with Gasteiger partial charge in [0.15, 0.2) is 23.0 Å². The maximum atomic E-state index is 6.50. The smallest absolute Gasteiger partial charge is 0.214 e. The fourth-order valence-corrected chi connectivity index (χ4v) is 4.42. The second-order valence-corrected chi connectivity index (χ2v) is 7.84. The van der Waals surface area contributed by atoms with Crippen LogP contribution in [0.1, 0.15) is 35.4 Å². The first-order chi connectivity index (χ1) is 16.2. The molecule has 2 aliphatic heterocycles. The summed E-state index contributed by atoms with van der Waals surface area (Å²) in [6.45, 7) is 0. The van der Waals surface area contributed by atoms with E-state index in [9.17, 15) is 0 Å². The Hall–Kier alpha value is -3.87. The lowest BCUT2D eigenvalue weighted by atomic mass is 9.95. The van der Waals surface area contributed by atoms with E-state index in [0.717, 1.165) is 40.3 Å². The van der Waals surface area contributed by atoms with Crippen LogP contribution in [0.25, 0.3) is 0 Å². The fourth-order valence-electron chi connectivity index (χ4n) is 4.42. The minimum atomic E-state index is -0.401. The molecule has 0 aromatic heterocycles. The molecule has 2 aliphatic rings. The second-order valence-electron chi connectivity index (χ2n) is 7.84.